The molecule has 0 aliphatic carbocycles. The van der Waals surface area contributed by atoms with Gasteiger partial charge in [-0.15, -0.1) is 0 Å². The van der Waals surface area contributed by atoms with Gasteiger partial charge in [0, 0.05) is 11.8 Å². The molecule has 0 saturated carbocycles. The monoisotopic (exact) mass is 253 g/mol. The fourth-order valence-electron chi connectivity index (χ4n) is 1.33. The Hall–Kier alpha value is -1.75. The Balaban J connectivity index is 2.61. The molecule has 0 heterocycles. The average molecular weight is 253 g/mol. The summed E-state index contributed by atoms with van der Waals surface area (Å²) in [5.74, 6) is -0.776. The van der Waals surface area contributed by atoms with Crippen molar-refractivity contribution in [3.63, 3.8) is 0 Å². The van der Waals surface area contributed by atoms with Crippen LogP contribution in [-0.2, 0) is 4.74 Å². The maximum atomic E-state index is 11.0. The molecule has 18 heavy (non-hydrogen) atoms. The Morgan fingerprint density at radius 3 is 2.56 bits per heavy atom. The molecular formula is C13H19NO4. The van der Waals surface area contributed by atoms with E-state index < -0.39 is 5.97 Å². The second-order valence-corrected chi connectivity index (χ2v) is 4.87. The summed E-state index contributed by atoms with van der Waals surface area (Å²) in [6, 6.07) is 4.46. The molecule has 5 heteroatoms. The molecule has 0 bridgehead atoms. The van der Waals surface area contributed by atoms with Crippen molar-refractivity contribution < 1.29 is 19.4 Å². The lowest BCUT2D eigenvalue weighted by atomic mass is 10.2. The van der Waals surface area contributed by atoms with Gasteiger partial charge < -0.3 is 20.3 Å². The van der Waals surface area contributed by atoms with Gasteiger partial charge in [0.2, 0.25) is 0 Å². The molecule has 0 atom stereocenters. The summed E-state index contributed by atoms with van der Waals surface area (Å²) in [6.45, 7) is 6.49. The minimum absolute atomic E-state index is 0.0972. The lowest BCUT2D eigenvalue weighted by Crippen LogP contribution is -2.22. The average Bonchev–Trinajstić information content (AvgIpc) is 2.22. The molecule has 0 radical (unpaired) electrons. The molecule has 0 aliphatic rings. The van der Waals surface area contributed by atoms with Crippen molar-refractivity contribution >= 4 is 11.7 Å². The Morgan fingerprint density at radius 1 is 1.33 bits per heavy atom. The Bertz CT molecular complexity index is 423. The Morgan fingerprint density at radius 2 is 2.00 bits per heavy atom. The third-order valence-electron chi connectivity index (χ3n) is 2.11. The van der Waals surface area contributed by atoms with E-state index in [1.807, 2.05) is 20.8 Å². The van der Waals surface area contributed by atoms with Crippen LogP contribution in [0.3, 0.4) is 0 Å². The van der Waals surface area contributed by atoms with Crippen LogP contribution in [0.5, 0.6) is 5.75 Å². The highest BCUT2D eigenvalue weighted by atomic mass is 16.5. The number of carbonyl (C=O) groups is 1. The molecule has 1 aromatic carbocycles. The standard InChI is InChI=1S/C13H19NO4/c1-13(2,3)18-7-6-17-11-8-9(14)4-5-10(11)12(15)16/h4-5,8H,6-7,14H2,1-3H3,(H,15,16). The number of hydrogen-bond acceptors (Lipinski definition) is 4. The van der Waals surface area contributed by atoms with Crippen LogP contribution in [-0.4, -0.2) is 29.9 Å². The molecular weight excluding hydrogens is 234 g/mol. The van der Waals surface area contributed by atoms with Crippen LogP contribution in [0.25, 0.3) is 0 Å². The van der Waals surface area contributed by atoms with Gasteiger partial charge in [-0.05, 0) is 32.9 Å². The quantitative estimate of drug-likeness (QED) is 0.620. The van der Waals surface area contributed by atoms with E-state index in [2.05, 4.69) is 0 Å². The number of nitrogens with two attached hydrogens (primary N) is 1. The second-order valence-electron chi connectivity index (χ2n) is 4.87. The van der Waals surface area contributed by atoms with Crippen molar-refractivity contribution in [3.8, 4) is 5.75 Å². The van der Waals surface area contributed by atoms with Crippen molar-refractivity contribution in [2.24, 2.45) is 0 Å². The zero-order chi connectivity index (χ0) is 13.8. The molecule has 0 fully saturated rings. The number of benzene rings is 1. The first-order chi connectivity index (χ1) is 8.29. The number of anilines is 1. The van der Waals surface area contributed by atoms with Crippen molar-refractivity contribution in [2.45, 2.75) is 26.4 Å². The van der Waals surface area contributed by atoms with E-state index in [0.29, 0.717) is 12.3 Å². The van der Waals surface area contributed by atoms with Gasteiger partial charge in [-0.25, -0.2) is 4.79 Å². The van der Waals surface area contributed by atoms with E-state index in [0.717, 1.165) is 0 Å². The maximum absolute atomic E-state index is 11.0. The molecule has 0 spiro atoms. The maximum Gasteiger partial charge on any atom is 0.339 e. The minimum atomic E-state index is -1.04. The first kappa shape index (κ1) is 14.3. The second kappa shape index (κ2) is 5.73. The molecule has 0 aromatic heterocycles. The van der Waals surface area contributed by atoms with Crippen LogP contribution in [0.1, 0.15) is 31.1 Å². The van der Waals surface area contributed by atoms with Crippen molar-refractivity contribution in [1.82, 2.24) is 0 Å². The van der Waals surface area contributed by atoms with Crippen LogP contribution >= 0.6 is 0 Å². The molecule has 0 amide bonds. The summed E-state index contributed by atoms with van der Waals surface area (Å²) in [7, 11) is 0. The summed E-state index contributed by atoms with van der Waals surface area (Å²) >= 11 is 0. The van der Waals surface area contributed by atoms with E-state index >= 15 is 0 Å². The largest absolute Gasteiger partial charge is 0.490 e. The molecule has 3 N–H and O–H groups in total. The van der Waals surface area contributed by atoms with Gasteiger partial charge in [0.1, 0.15) is 17.9 Å². The highest BCUT2D eigenvalue weighted by Gasteiger charge is 2.13. The number of aromatic carboxylic acids is 1. The molecule has 100 valence electrons. The third-order valence-corrected chi connectivity index (χ3v) is 2.11. The van der Waals surface area contributed by atoms with E-state index in [1.54, 1.807) is 0 Å². The lowest BCUT2D eigenvalue weighted by Gasteiger charge is -2.19. The van der Waals surface area contributed by atoms with Crippen LogP contribution < -0.4 is 10.5 Å². The van der Waals surface area contributed by atoms with Gasteiger partial charge in [-0.2, -0.15) is 0 Å². The van der Waals surface area contributed by atoms with Crippen molar-refractivity contribution in [3.05, 3.63) is 23.8 Å². The first-order valence-corrected chi connectivity index (χ1v) is 5.69. The summed E-state index contributed by atoms with van der Waals surface area (Å²) in [5, 5.41) is 8.99. The van der Waals surface area contributed by atoms with Crippen LogP contribution in [0.2, 0.25) is 0 Å². The van der Waals surface area contributed by atoms with Gasteiger partial charge >= 0.3 is 5.97 Å². The lowest BCUT2D eigenvalue weighted by molar-refractivity contribution is -0.0164. The number of rotatable bonds is 5. The van der Waals surface area contributed by atoms with Crippen LogP contribution in [0, 0.1) is 0 Å². The summed E-state index contributed by atoms with van der Waals surface area (Å²) in [5.41, 5.74) is 5.92. The summed E-state index contributed by atoms with van der Waals surface area (Å²) in [4.78, 5) is 11.0. The smallest absolute Gasteiger partial charge is 0.339 e. The van der Waals surface area contributed by atoms with Crippen molar-refractivity contribution in [1.29, 1.82) is 0 Å². The van der Waals surface area contributed by atoms with Gasteiger partial charge in [0.05, 0.1) is 12.2 Å². The van der Waals surface area contributed by atoms with Gasteiger partial charge in [0.15, 0.2) is 0 Å². The zero-order valence-electron chi connectivity index (χ0n) is 10.9. The molecule has 1 aromatic rings. The molecule has 0 saturated heterocycles. The molecule has 0 aliphatic heterocycles. The number of nitrogen functional groups attached to an aromatic ring is 1. The number of hydrogen-bond donors (Lipinski definition) is 2. The predicted molar refractivity (Wildman–Crippen MR) is 69.0 cm³/mol. The molecule has 0 unspecified atom stereocenters. The summed E-state index contributed by atoms with van der Waals surface area (Å²) in [6.07, 6.45) is 0. The van der Waals surface area contributed by atoms with Gasteiger partial charge in [-0.1, -0.05) is 0 Å². The van der Waals surface area contributed by atoms with Crippen LogP contribution in [0.4, 0.5) is 5.69 Å². The van der Waals surface area contributed by atoms with Gasteiger partial charge in [-0.3, -0.25) is 0 Å². The van der Waals surface area contributed by atoms with Crippen LogP contribution in [0.15, 0.2) is 18.2 Å². The van der Waals surface area contributed by atoms with Crippen molar-refractivity contribution in [2.75, 3.05) is 18.9 Å². The highest BCUT2D eigenvalue weighted by Crippen LogP contribution is 2.22. The third kappa shape index (κ3) is 4.63. The number of carboxylic acids is 1. The Labute approximate surface area is 107 Å². The van der Waals surface area contributed by atoms with E-state index in [4.69, 9.17) is 20.3 Å². The number of ether oxygens (including phenoxy) is 2. The van der Waals surface area contributed by atoms with E-state index in [-0.39, 0.29) is 23.5 Å². The predicted octanol–water partition coefficient (Wildman–Crippen LogP) is 2.16. The SMILES string of the molecule is CC(C)(C)OCCOc1cc(N)ccc1C(=O)O. The molecule has 1 rings (SSSR count). The zero-order valence-corrected chi connectivity index (χ0v) is 10.9. The first-order valence-electron chi connectivity index (χ1n) is 5.69. The molecule has 5 nitrogen and oxygen atoms in total. The van der Waals surface area contributed by atoms with Gasteiger partial charge in [0.25, 0.3) is 0 Å². The Kier molecular flexibility index (Phi) is 4.55. The van der Waals surface area contributed by atoms with E-state index in [9.17, 15) is 4.79 Å². The number of carboxylic acid groups (broad SMARTS) is 1. The minimum Gasteiger partial charge on any atom is -0.490 e. The fraction of sp³-hybridized carbons (Fsp3) is 0.462. The van der Waals surface area contributed by atoms with E-state index in [1.165, 1.54) is 18.2 Å². The fourth-order valence-corrected chi connectivity index (χ4v) is 1.33. The highest BCUT2D eigenvalue weighted by molar-refractivity contribution is 5.91. The summed E-state index contributed by atoms with van der Waals surface area (Å²) < 4.78 is 10.9. The topological polar surface area (TPSA) is 81.8 Å². The normalized spacial score (nSPS) is 11.3.